The normalized spacial score (nSPS) is 10.5. The molecule has 1 aromatic heterocycles. The number of ether oxygens (including phenoxy) is 1. The number of hydrogen-bond acceptors (Lipinski definition) is 4. The van der Waals surface area contributed by atoms with Gasteiger partial charge >= 0.3 is 0 Å². The lowest BCUT2D eigenvalue weighted by atomic mass is 10.4. The fourth-order valence-electron chi connectivity index (χ4n) is 1.07. The molecule has 0 aliphatic carbocycles. The highest BCUT2D eigenvalue weighted by Crippen LogP contribution is 2.13. The van der Waals surface area contributed by atoms with Crippen LogP contribution in [-0.4, -0.2) is 32.3 Å². The summed E-state index contributed by atoms with van der Waals surface area (Å²) in [6.45, 7) is 1.60. The largest absolute Gasteiger partial charge is 0.432 e. The zero-order valence-corrected chi connectivity index (χ0v) is 9.25. The fourth-order valence-corrected chi connectivity index (χ4v) is 1.20. The van der Waals surface area contributed by atoms with Gasteiger partial charge in [-0.1, -0.05) is 0 Å². The Labute approximate surface area is 88.8 Å². The van der Waals surface area contributed by atoms with Crippen molar-refractivity contribution in [2.75, 3.05) is 32.2 Å². The smallest absolute Gasteiger partial charge is 0.297 e. The van der Waals surface area contributed by atoms with Crippen LogP contribution in [0.1, 0.15) is 12.1 Å². The van der Waals surface area contributed by atoms with E-state index in [4.69, 9.17) is 20.8 Å². The molecule has 4 nitrogen and oxygen atoms in total. The highest BCUT2D eigenvalue weighted by molar-refractivity contribution is 6.16. The van der Waals surface area contributed by atoms with Crippen molar-refractivity contribution in [2.24, 2.45) is 0 Å². The summed E-state index contributed by atoms with van der Waals surface area (Å²) in [6.07, 6.45) is 2.53. The molecular weight excluding hydrogens is 204 g/mol. The summed E-state index contributed by atoms with van der Waals surface area (Å²) in [5.41, 5.74) is 0.764. The van der Waals surface area contributed by atoms with Crippen molar-refractivity contribution in [1.29, 1.82) is 0 Å². The molecule has 0 fully saturated rings. The Morgan fingerprint density at radius 1 is 1.64 bits per heavy atom. The third kappa shape index (κ3) is 3.20. The number of rotatable bonds is 6. The molecule has 0 spiro atoms. The summed E-state index contributed by atoms with van der Waals surface area (Å²) in [6, 6.07) is 0.608. The van der Waals surface area contributed by atoms with Gasteiger partial charge in [0.05, 0.1) is 11.6 Å². The van der Waals surface area contributed by atoms with E-state index < -0.39 is 0 Å². The lowest BCUT2D eigenvalue weighted by molar-refractivity contribution is 0.196. The Bertz CT molecular complexity index is 265. The molecule has 0 saturated heterocycles. The van der Waals surface area contributed by atoms with Crippen LogP contribution in [0, 0.1) is 0 Å². The fraction of sp³-hybridized carbons (Fsp3) is 0.667. The Kier molecular flexibility index (Phi) is 4.76. The van der Waals surface area contributed by atoms with E-state index in [1.54, 1.807) is 13.4 Å². The minimum atomic E-state index is 0.384. The lowest BCUT2D eigenvalue weighted by Gasteiger charge is -2.13. The van der Waals surface area contributed by atoms with Gasteiger partial charge in [0.2, 0.25) is 0 Å². The monoisotopic (exact) mass is 218 g/mol. The highest BCUT2D eigenvalue weighted by atomic mass is 35.5. The quantitative estimate of drug-likeness (QED) is 0.540. The number of methoxy groups -OCH3 is 1. The van der Waals surface area contributed by atoms with E-state index in [0.29, 0.717) is 11.9 Å². The van der Waals surface area contributed by atoms with Gasteiger partial charge in [-0.25, -0.2) is 0 Å². The van der Waals surface area contributed by atoms with Gasteiger partial charge in [0.1, 0.15) is 6.26 Å². The van der Waals surface area contributed by atoms with Crippen LogP contribution in [0.25, 0.3) is 0 Å². The molecule has 0 aliphatic rings. The minimum Gasteiger partial charge on any atom is -0.432 e. The van der Waals surface area contributed by atoms with Crippen LogP contribution >= 0.6 is 11.6 Å². The van der Waals surface area contributed by atoms with E-state index >= 15 is 0 Å². The standard InChI is InChI=1S/C9H15ClN2O2/c1-12(4-3-5-13-2)9-11-8(6-10)7-14-9/h7H,3-6H2,1-2H3. The first-order chi connectivity index (χ1) is 6.77. The molecule has 0 saturated carbocycles. The molecule has 1 heterocycles. The Morgan fingerprint density at radius 2 is 2.43 bits per heavy atom. The van der Waals surface area contributed by atoms with Crippen molar-refractivity contribution in [3.05, 3.63) is 12.0 Å². The maximum Gasteiger partial charge on any atom is 0.297 e. The number of anilines is 1. The molecule has 80 valence electrons. The van der Waals surface area contributed by atoms with Crippen LogP contribution in [0.5, 0.6) is 0 Å². The van der Waals surface area contributed by atoms with Crippen molar-refractivity contribution in [3.8, 4) is 0 Å². The maximum absolute atomic E-state index is 5.61. The van der Waals surface area contributed by atoms with E-state index in [1.807, 2.05) is 11.9 Å². The third-order valence-corrected chi connectivity index (χ3v) is 2.12. The molecule has 0 amide bonds. The van der Waals surface area contributed by atoms with E-state index in [0.717, 1.165) is 25.3 Å². The van der Waals surface area contributed by atoms with Crippen LogP contribution in [0.3, 0.4) is 0 Å². The summed E-state index contributed by atoms with van der Waals surface area (Å²) in [5.74, 6) is 0.384. The second kappa shape index (κ2) is 5.88. The molecular formula is C9H15ClN2O2. The molecule has 0 aromatic carbocycles. The van der Waals surface area contributed by atoms with E-state index in [-0.39, 0.29) is 0 Å². The molecule has 0 unspecified atom stereocenters. The van der Waals surface area contributed by atoms with Crippen LogP contribution < -0.4 is 4.90 Å². The number of halogens is 1. The van der Waals surface area contributed by atoms with Gasteiger partial charge in [0.25, 0.3) is 6.01 Å². The number of nitrogens with zero attached hydrogens (tertiary/aromatic N) is 2. The number of oxazole rings is 1. The van der Waals surface area contributed by atoms with Crippen LogP contribution in [0.15, 0.2) is 10.7 Å². The van der Waals surface area contributed by atoms with Crippen molar-refractivity contribution in [2.45, 2.75) is 12.3 Å². The Balaban J connectivity index is 2.39. The molecule has 14 heavy (non-hydrogen) atoms. The van der Waals surface area contributed by atoms with Gasteiger partial charge in [-0.05, 0) is 6.42 Å². The second-order valence-corrected chi connectivity index (χ2v) is 3.29. The number of hydrogen-bond donors (Lipinski definition) is 0. The van der Waals surface area contributed by atoms with Gasteiger partial charge in [-0.15, -0.1) is 11.6 Å². The summed E-state index contributed by atoms with van der Waals surface area (Å²) in [7, 11) is 3.62. The van der Waals surface area contributed by atoms with Gasteiger partial charge in [0, 0.05) is 27.3 Å². The summed E-state index contributed by atoms with van der Waals surface area (Å²) in [5, 5.41) is 0. The van der Waals surface area contributed by atoms with Crippen molar-refractivity contribution in [1.82, 2.24) is 4.98 Å². The minimum absolute atomic E-state index is 0.384. The highest BCUT2D eigenvalue weighted by Gasteiger charge is 2.07. The zero-order chi connectivity index (χ0) is 10.4. The predicted molar refractivity (Wildman–Crippen MR) is 55.8 cm³/mol. The number of alkyl halides is 1. The molecule has 0 bridgehead atoms. The maximum atomic E-state index is 5.61. The van der Waals surface area contributed by atoms with E-state index in [9.17, 15) is 0 Å². The number of aromatic nitrogens is 1. The lowest BCUT2D eigenvalue weighted by Crippen LogP contribution is -2.19. The molecule has 1 aromatic rings. The molecule has 0 atom stereocenters. The molecule has 0 radical (unpaired) electrons. The molecule has 5 heteroatoms. The van der Waals surface area contributed by atoms with Crippen molar-refractivity contribution in [3.63, 3.8) is 0 Å². The first kappa shape index (κ1) is 11.3. The average molecular weight is 219 g/mol. The van der Waals surface area contributed by atoms with Crippen LogP contribution in [-0.2, 0) is 10.6 Å². The Hall–Kier alpha value is -0.740. The van der Waals surface area contributed by atoms with Gasteiger partial charge in [-0.2, -0.15) is 4.98 Å². The second-order valence-electron chi connectivity index (χ2n) is 3.02. The average Bonchev–Trinajstić information content (AvgIpc) is 2.66. The summed E-state index contributed by atoms with van der Waals surface area (Å²) < 4.78 is 10.2. The molecule has 0 aliphatic heterocycles. The van der Waals surface area contributed by atoms with E-state index in [1.165, 1.54) is 0 Å². The molecule has 1 rings (SSSR count). The first-order valence-corrected chi connectivity index (χ1v) is 5.02. The van der Waals surface area contributed by atoms with Gasteiger partial charge in [0.15, 0.2) is 0 Å². The Morgan fingerprint density at radius 3 is 3.00 bits per heavy atom. The van der Waals surface area contributed by atoms with Gasteiger partial charge in [-0.3, -0.25) is 0 Å². The first-order valence-electron chi connectivity index (χ1n) is 4.48. The summed E-state index contributed by atoms with van der Waals surface area (Å²) in [4.78, 5) is 6.13. The van der Waals surface area contributed by atoms with Crippen molar-refractivity contribution < 1.29 is 9.15 Å². The molecule has 0 N–H and O–H groups in total. The van der Waals surface area contributed by atoms with Crippen LogP contribution in [0.2, 0.25) is 0 Å². The third-order valence-electron chi connectivity index (χ3n) is 1.85. The van der Waals surface area contributed by atoms with Gasteiger partial charge < -0.3 is 14.1 Å². The SMILES string of the molecule is COCCCN(C)c1nc(CCl)co1. The topological polar surface area (TPSA) is 38.5 Å². The van der Waals surface area contributed by atoms with Crippen LogP contribution in [0.4, 0.5) is 6.01 Å². The van der Waals surface area contributed by atoms with Crippen molar-refractivity contribution >= 4 is 17.6 Å². The summed E-state index contributed by atoms with van der Waals surface area (Å²) >= 11 is 5.61. The van der Waals surface area contributed by atoms with E-state index in [2.05, 4.69) is 4.98 Å². The predicted octanol–water partition coefficient (Wildman–Crippen LogP) is 1.89. The zero-order valence-electron chi connectivity index (χ0n) is 8.49.